The van der Waals surface area contributed by atoms with Crippen LogP contribution in [0, 0.1) is 12.3 Å². The Kier molecular flexibility index (Phi) is 6.54. The van der Waals surface area contributed by atoms with Gasteiger partial charge in [-0.25, -0.2) is 4.98 Å². The second kappa shape index (κ2) is 9.53. The van der Waals surface area contributed by atoms with E-state index in [0.717, 1.165) is 11.1 Å². The number of likely N-dealkylation sites (tertiary alicyclic amines) is 1. The summed E-state index contributed by atoms with van der Waals surface area (Å²) < 4.78 is 0. The van der Waals surface area contributed by atoms with Crippen LogP contribution in [0.15, 0.2) is 67.1 Å². The van der Waals surface area contributed by atoms with Crippen molar-refractivity contribution in [1.82, 2.24) is 19.8 Å². The second-order valence-corrected chi connectivity index (χ2v) is 9.05. The van der Waals surface area contributed by atoms with Gasteiger partial charge in [0.05, 0.1) is 11.6 Å². The van der Waals surface area contributed by atoms with E-state index in [1.165, 1.54) is 23.5 Å². The van der Waals surface area contributed by atoms with E-state index >= 15 is 0 Å². The minimum atomic E-state index is -0.535. The number of rotatable bonds is 5. The van der Waals surface area contributed by atoms with E-state index in [0.29, 0.717) is 38.0 Å². The van der Waals surface area contributed by atoms with Crippen molar-refractivity contribution in [1.29, 1.82) is 0 Å². The first-order chi connectivity index (χ1) is 15.9. The van der Waals surface area contributed by atoms with Gasteiger partial charge >= 0.3 is 0 Å². The highest BCUT2D eigenvalue weighted by Gasteiger charge is 2.43. The Labute approximate surface area is 195 Å². The lowest BCUT2D eigenvalue weighted by atomic mass is 9.72. The molecule has 1 aliphatic rings. The topological polar surface area (TPSA) is 66.4 Å². The van der Waals surface area contributed by atoms with Crippen molar-refractivity contribution in [2.75, 3.05) is 27.2 Å². The molecule has 170 valence electrons. The molecule has 1 fully saturated rings. The molecule has 1 saturated heterocycles. The maximum absolute atomic E-state index is 13.4. The minimum absolute atomic E-state index is 0.121. The van der Waals surface area contributed by atoms with Crippen molar-refractivity contribution in [2.45, 2.75) is 26.2 Å². The van der Waals surface area contributed by atoms with Gasteiger partial charge in [0.25, 0.3) is 5.91 Å². The summed E-state index contributed by atoms with van der Waals surface area (Å²) in [5.41, 5.74) is 4.54. The first kappa shape index (κ1) is 22.6. The molecular weight excluding hydrogens is 412 g/mol. The molecule has 0 spiro atoms. The highest BCUT2D eigenvalue weighted by molar-refractivity contribution is 5.92. The van der Waals surface area contributed by atoms with Gasteiger partial charge in [-0.2, -0.15) is 0 Å². The van der Waals surface area contributed by atoms with Crippen molar-refractivity contribution in [3.05, 3.63) is 83.9 Å². The molecule has 0 bridgehead atoms. The third kappa shape index (κ3) is 4.80. The van der Waals surface area contributed by atoms with Crippen LogP contribution in [0.25, 0.3) is 11.1 Å². The minimum Gasteiger partial charge on any atom is -0.348 e. The molecule has 1 aromatic heterocycles. The van der Waals surface area contributed by atoms with E-state index in [2.05, 4.69) is 59.4 Å². The first-order valence-electron chi connectivity index (χ1n) is 11.3. The summed E-state index contributed by atoms with van der Waals surface area (Å²) in [5, 5.41) is 0. The number of piperidine rings is 1. The fraction of sp³-hybridized carbons (Fsp3) is 0.333. The fourth-order valence-electron chi connectivity index (χ4n) is 4.79. The Morgan fingerprint density at radius 2 is 1.79 bits per heavy atom. The Morgan fingerprint density at radius 3 is 2.45 bits per heavy atom. The predicted octanol–water partition coefficient (Wildman–Crippen LogP) is 4.01. The molecule has 2 heterocycles. The maximum Gasteiger partial charge on any atom is 0.274 e. The van der Waals surface area contributed by atoms with E-state index in [1.807, 2.05) is 20.2 Å². The van der Waals surface area contributed by atoms with Crippen LogP contribution in [-0.2, 0) is 11.2 Å². The van der Waals surface area contributed by atoms with Gasteiger partial charge in [-0.3, -0.25) is 14.6 Å². The third-order valence-electron chi connectivity index (χ3n) is 6.58. The van der Waals surface area contributed by atoms with Crippen LogP contribution in [0.2, 0.25) is 0 Å². The molecule has 6 nitrogen and oxygen atoms in total. The zero-order valence-electron chi connectivity index (χ0n) is 19.5. The van der Waals surface area contributed by atoms with Crippen LogP contribution >= 0.6 is 0 Å². The summed E-state index contributed by atoms with van der Waals surface area (Å²) >= 11 is 0. The third-order valence-corrected chi connectivity index (χ3v) is 6.58. The summed E-state index contributed by atoms with van der Waals surface area (Å²) in [6, 6.07) is 16.8. The number of carbonyl (C=O) groups is 2. The summed E-state index contributed by atoms with van der Waals surface area (Å²) in [6.45, 7) is 3.15. The monoisotopic (exact) mass is 442 g/mol. The van der Waals surface area contributed by atoms with Crippen LogP contribution in [0.1, 0.15) is 34.5 Å². The molecule has 0 radical (unpaired) electrons. The molecule has 33 heavy (non-hydrogen) atoms. The van der Waals surface area contributed by atoms with E-state index in [1.54, 1.807) is 16.0 Å². The molecule has 0 atom stereocenters. The zero-order chi connectivity index (χ0) is 23.4. The van der Waals surface area contributed by atoms with E-state index in [4.69, 9.17) is 0 Å². The fourth-order valence-corrected chi connectivity index (χ4v) is 4.79. The van der Waals surface area contributed by atoms with Gasteiger partial charge in [-0.15, -0.1) is 0 Å². The Bertz CT molecular complexity index is 1140. The lowest BCUT2D eigenvalue weighted by Crippen LogP contribution is -2.51. The average Bonchev–Trinajstić information content (AvgIpc) is 2.84. The molecule has 1 aliphatic heterocycles. The quantitative estimate of drug-likeness (QED) is 0.599. The molecule has 2 aromatic carbocycles. The van der Waals surface area contributed by atoms with Gasteiger partial charge in [0, 0.05) is 39.6 Å². The van der Waals surface area contributed by atoms with Gasteiger partial charge in [0.15, 0.2) is 0 Å². The molecule has 3 aromatic rings. The highest BCUT2D eigenvalue weighted by atomic mass is 16.2. The normalized spacial score (nSPS) is 15.2. The van der Waals surface area contributed by atoms with Crippen molar-refractivity contribution in [3.8, 4) is 11.1 Å². The van der Waals surface area contributed by atoms with Crippen molar-refractivity contribution >= 4 is 11.8 Å². The molecule has 0 saturated carbocycles. The largest absolute Gasteiger partial charge is 0.348 e. The predicted molar refractivity (Wildman–Crippen MR) is 129 cm³/mol. The molecule has 0 unspecified atom stereocenters. The number of aryl methyl sites for hydroxylation is 1. The summed E-state index contributed by atoms with van der Waals surface area (Å²) in [5.74, 6) is -0.00838. The average molecular weight is 443 g/mol. The van der Waals surface area contributed by atoms with E-state index in [-0.39, 0.29) is 11.8 Å². The number of aromatic nitrogens is 2. The Hall–Kier alpha value is -3.54. The highest BCUT2D eigenvalue weighted by Crippen LogP contribution is 2.38. The number of hydrogen-bond acceptors (Lipinski definition) is 4. The smallest absolute Gasteiger partial charge is 0.274 e. The molecule has 0 N–H and O–H groups in total. The van der Waals surface area contributed by atoms with E-state index in [9.17, 15) is 9.59 Å². The second-order valence-electron chi connectivity index (χ2n) is 9.05. The van der Waals surface area contributed by atoms with Gasteiger partial charge < -0.3 is 9.80 Å². The molecule has 0 aliphatic carbocycles. The van der Waals surface area contributed by atoms with Crippen LogP contribution in [0.4, 0.5) is 0 Å². The van der Waals surface area contributed by atoms with Crippen LogP contribution in [0.3, 0.4) is 0 Å². The number of carbonyl (C=O) groups excluding carboxylic acids is 2. The Morgan fingerprint density at radius 1 is 1.03 bits per heavy atom. The lowest BCUT2D eigenvalue weighted by molar-refractivity contribution is -0.142. The van der Waals surface area contributed by atoms with Gasteiger partial charge in [0.2, 0.25) is 5.91 Å². The number of nitrogens with zero attached hydrogens (tertiary/aromatic N) is 4. The maximum atomic E-state index is 13.4. The first-order valence-corrected chi connectivity index (χ1v) is 11.3. The SMILES string of the molecule is Cc1ccccc1-c1cccc(CC2(C(=O)N(C)C)CCN(C(=O)c3cnccn3)CC2)c1. The summed E-state index contributed by atoms with van der Waals surface area (Å²) in [7, 11) is 3.62. The van der Waals surface area contributed by atoms with Crippen molar-refractivity contribution in [3.63, 3.8) is 0 Å². The molecular formula is C27H30N4O2. The Balaban J connectivity index is 1.57. The summed E-state index contributed by atoms with van der Waals surface area (Å²) in [6.07, 6.45) is 6.45. The summed E-state index contributed by atoms with van der Waals surface area (Å²) in [4.78, 5) is 37.8. The molecule has 4 rings (SSSR count). The van der Waals surface area contributed by atoms with Crippen LogP contribution < -0.4 is 0 Å². The lowest BCUT2D eigenvalue weighted by Gasteiger charge is -2.42. The number of amides is 2. The number of benzene rings is 2. The number of hydrogen-bond donors (Lipinski definition) is 0. The van der Waals surface area contributed by atoms with Crippen LogP contribution in [-0.4, -0.2) is 58.8 Å². The van der Waals surface area contributed by atoms with Gasteiger partial charge in [0.1, 0.15) is 5.69 Å². The van der Waals surface area contributed by atoms with Crippen molar-refractivity contribution in [2.24, 2.45) is 5.41 Å². The zero-order valence-corrected chi connectivity index (χ0v) is 19.5. The van der Waals surface area contributed by atoms with Crippen molar-refractivity contribution < 1.29 is 9.59 Å². The molecule has 2 amide bonds. The van der Waals surface area contributed by atoms with Gasteiger partial charge in [-0.1, -0.05) is 48.5 Å². The molecule has 6 heteroatoms. The van der Waals surface area contributed by atoms with Gasteiger partial charge in [-0.05, 0) is 48.4 Å². The van der Waals surface area contributed by atoms with Crippen LogP contribution in [0.5, 0.6) is 0 Å². The standard InChI is InChI=1S/C27H30N4O2/c1-20-7-4-5-10-23(20)22-9-6-8-21(17-22)18-27(26(33)30(2)3)11-15-31(16-12-27)25(32)24-19-28-13-14-29-24/h4-10,13-14,17,19H,11-12,15-16,18H2,1-3H3. The van der Waals surface area contributed by atoms with E-state index < -0.39 is 5.41 Å².